The summed E-state index contributed by atoms with van der Waals surface area (Å²) < 4.78 is 56.9. The second-order valence-corrected chi connectivity index (χ2v) is 20.7. The highest BCUT2D eigenvalue weighted by molar-refractivity contribution is 5.89. The average molecular weight is 1110 g/mol. The Morgan fingerprint density at radius 2 is 0.872 bits per heavy atom. The molecule has 0 amide bonds. The molecule has 7 aliphatic rings. The Kier molecular flexibility index (Phi) is 17.3. The molecule has 2 aromatic carbocycles. The summed E-state index contributed by atoms with van der Waals surface area (Å²) in [5, 5.41) is 127. The van der Waals surface area contributed by atoms with Crippen molar-refractivity contribution in [2.45, 2.75) is 111 Å². The van der Waals surface area contributed by atoms with Gasteiger partial charge in [0.15, 0.2) is 12.6 Å². The van der Waals surface area contributed by atoms with Crippen LogP contribution in [0.15, 0.2) is 72.2 Å². The van der Waals surface area contributed by atoms with Crippen LogP contribution in [0.2, 0.25) is 0 Å². The van der Waals surface area contributed by atoms with E-state index in [4.69, 9.17) is 47.4 Å². The van der Waals surface area contributed by atoms with E-state index in [0.717, 1.165) is 26.7 Å². The molecule has 9 rings (SSSR count). The number of benzene rings is 2. The Labute approximate surface area is 444 Å². The third kappa shape index (κ3) is 10.7. The van der Waals surface area contributed by atoms with Crippen molar-refractivity contribution in [2.75, 3.05) is 40.6 Å². The van der Waals surface area contributed by atoms with Crippen LogP contribution in [0.5, 0.6) is 11.5 Å². The number of carbonyl (C=O) groups is 4. The number of hydrogen-bond acceptors (Lipinski definition) is 26. The van der Waals surface area contributed by atoms with Gasteiger partial charge in [0, 0.05) is 47.3 Å². The monoisotopic (exact) mass is 1100 g/mol. The third-order valence-electron chi connectivity index (χ3n) is 16.5. The van der Waals surface area contributed by atoms with E-state index in [-0.39, 0.29) is 35.5 Å². The van der Waals surface area contributed by atoms with Crippen molar-refractivity contribution in [3.63, 3.8) is 0 Å². The fourth-order valence-electron chi connectivity index (χ4n) is 12.4. The summed E-state index contributed by atoms with van der Waals surface area (Å²) in [5.74, 6) is -14.2. The van der Waals surface area contributed by atoms with Crippen LogP contribution < -0.4 is 0 Å². The first kappa shape index (κ1) is 57.1. The van der Waals surface area contributed by atoms with E-state index < -0.39 is 196 Å². The zero-order valence-electron chi connectivity index (χ0n) is 42.0. The van der Waals surface area contributed by atoms with Gasteiger partial charge in [-0.15, -0.1) is 0 Å². The van der Waals surface area contributed by atoms with Gasteiger partial charge in [-0.05, 0) is 48.2 Å². The van der Waals surface area contributed by atoms with E-state index in [1.165, 1.54) is 48.5 Å². The quantitative estimate of drug-likeness (QED) is 0.0588. The summed E-state index contributed by atoms with van der Waals surface area (Å²) in [5.41, 5.74) is 0.740. The number of hydrogen-bond donors (Lipinski definition) is 12. The zero-order chi connectivity index (χ0) is 56.0. The Hall–Kier alpha value is -5.56. The standard InChI is InChI=1S/C52H64O26/c1-69-45(65)25-15-73-49(77-51-43(63)41(61)39(59)31(13-53)75-51)35-23(25)11-29(57)27(35)17-71-47(67)37-33(19-3-7-21(55)8-4-19)38(34(37)20-5-9-22(56)10-6-20)48(68)72-18-28-30(58)12-24-26(46(66)70-2)16-74-50(36(24)28)78-52-44(64)42(62)40(60)32(14-54)76-52/h3-10,15-16,23-24,27-44,49-64H,11-14,17-18H2,1-2H3/t23?,24?,27-,28-,29-,30-,31+,32+,33?,34?,35?,36?,37?,38?,39+,40+,41+,42+,43+,44+,49-,50-,51-,52-/m0/s1. The second kappa shape index (κ2) is 23.6. The highest BCUT2D eigenvalue weighted by Crippen LogP contribution is 2.59. The molecule has 12 N–H and O–H groups in total. The van der Waals surface area contributed by atoms with Crippen molar-refractivity contribution in [3.8, 4) is 11.5 Å². The summed E-state index contributed by atoms with van der Waals surface area (Å²) >= 11 is 0. The lowest BCUT2D eigenvalue weighted by Gasteiger charge is -2.50. The third-order valence-corrected chi connectivity index (χ3v) is 16.5. The maximum absolute atomic E-state index is 14.9. The number of carbonyl (C=O) groups excluding carboxylic acids is 4. The van der Waals surface area contributed by atoms with Crippen molar-refractivity contribution in [1.82, 2.24) is 0 Å². The molecule has 5 fully saturated rings. The number of ether oxygens (including phenoxy) is 10. The van der Waals surface area contributed by atoms with Gasteiger partial charge in [-0.1, -0.05) is 24.3 Å². The van der Waals surface area contributed by atoms with Gasteiger partial charge >= 0.3 is 23.9 Å². The first-order valence-electron chi connectivity index (χ1n) is 25.4. The number of aromatic hydroxyl groups is 2. The van der Waals surface area contributed by atoms with Crippen molar-refractivity contribution in [1.29, 1.82) is 0 Å². The minimum absolute atomic E-state index is 0.00181. The van der Waals surface area contributed by atoms with Crippen LogP contribution >= 0.6 is 0 Å². The molecule has 26 nitrogen and oxygen atoms in total. The van der Waals surface area contributed by atoms with Gasteiger partial charge in [0.1, 0.15) is 60.3 Å². The molecule has 0 spiro atoms. The summed E-state index contributed by atoms with van der Waals surface area (Å²) in [6.45, 7) is -2.65. The van der Waals surface area contributed by atoms with E-state index in [1.807, 2.05) is 0 Å². The van der Waals surface area contributed by atoms with E-state index in [2.05, 4.69) is 0 Å². The number of phenolic OH excluding ortho intramolecular Hbond substituents is 2. The van der Waals surface area contributed by atoms with E-state index in [1.54, 1.807) is 0 Å². The lowest BCUT2D eigenvalue weighted by molar-refractivity contribution is -0.343. The highest BCUT2D eigenvalue weighted by atomic mass is 16.8. The molecule has 0 aromatic heterocycles. The van der Waals surface area contributed by atoms with Gasteiger partial charge in [-0.3, -0.25) is 9.59 Å². The van der Waals surface area contributed by atoms with Gasteiger partial charge in [0.2, 0.25) is 12.6 Å². The van der Waals surface area contributed by atoms with Gasteiger partial charge < -0.3 is 109 Å². The Morgan fingerprint density at radius 3 is 1.21 bits per heavy atom. The fraction of sp³-hybridized carbons (Fsp3) is 0.615. The molecule has 4 heterocycles. The molecule has 20 atom stereocenters. The molecule has 4 aliphatic heterocycles. The number of phenols is 2. The van der Waals surface area contributed by atoms with E-state index >= 15 is 0 Å². The number of aliphatic hydroxyl groups is 10. The van der Waals surface area contributed by atoms with Crippen LogP contribution in [-0.4, -0.2) is 212 Å². The van der Waals surface area contributed by atoms with Gasteiger partial charge in [-0.25, -0.2) is 9.59 Å². The minimum atomic E-state index is -1.86. The largest absolute Gasteiger partial charge is 0.508 e. The van der Waals surface area contributed by atoms with Crippen molar-refractivity contribution in [3.05, 3.63) is 83.3 Å². The summed E-state index contributed by atoms with van der Waals surface area (Å²) in [6.07, 6.45) is -20.6. The lowest BCUT2D eigenvalue weighted by Crippen LogP contribution is -2.60. The molecule has 26 heteroatoms. The molecular formula is C52H64O26. The van der Waals surface area contributed by atoms with Crippen LogP contribution in [0.4, 0.5) is 0 Å². The maximum Gasteiger partial charge on any atom is 0.337 e. The molecule has 3 saturated carbocycles. The maximum atomic E-state index is 14.9. The van der Waals surface area contributed by atoms with Crippen molar-refractivity contribution >= 4 is 23.9 Å². The van der Waals surface area contributed by atoms with Crippen molar-refractivity contribution in [2.24, 2.45) is 47.3 Å². The molecule has 4 unspecified atom stereocenters. The Bertz CT molecular complexity index is 2340. The van der Waals surface area contributed by atoms with Gasteiger partial charge in [-0.2, -0.15) is 0 Å². The predicted molar refractivity (Wildman–Crippen MR) is 252 cm³/mol. The smallest absolute Gasteiger partial charge is 0.337 e. The van der Waals surface area contributed by atoms with Crippen LogP contribution in [0, 0.1) is 47.3 Å². The van der Waals surface area contributed by atoms with Gasteiger partial charge in [0.05, 0.1) is 88.4 Å². The number of fused-ring (bicyclic) bond motifs is 2. The van der Waals surface area contributed by atoms with Crippen LogP contribution in [0.25, 0.3) is 0 Å². The molecular weight excluding hydrogens is 1040 g/mol. The Balaban J connectivity index is 0.983. The summed E-state index contributed by atoms with van der Waals surface area (Å²) in [7, 11) is 2.27. The van der Waals surface area contributed by atoms with Gasteiger partial charge in [0.25, 0.3) is 0 Å². The molecule has 2 aromatic rings. The molecule has 3 aliphatic carbocycles. The van der Waals surface area contributed by atoms with E-state index in [9.17, 15) is 80.5 Å². The molecule has 0 bridgehead atoms. The average Bonchev–Trinajstić information content (AvgIpc) is 4.06. The SMILES string of the molecule is COC(=O)C1=CO[C@@H](O[C@@H]2O[C@H](CO)[C@@H](O)[C@@H](O)[C@H]2O)C2C1C[C@H](O)[C@@H]2COC(=O)C1C(c2ccc(O)cc2)C(C(=O)OC[C@@H]2C3C(C[C@@H]2O)C(C(=O)OC)=CO[C@H]3O[C@@H]2O[C@H](CO)[C@@H](O)[C@@H](O)[C@H]2O)C1c1ccc(O)cc1. The summed E-state index contributed by atoms with van der Waals surface area (Å²) in [6, 6.07) is 11.3. The lowest BCUT2D eigenvalue weighted by atomic mass is 9.52. The first-order chi connectivity index (χ1) is 37.3. The normalized spacial score (nSPS) is 40.8. The van der Waals surface area contributed by atoms with Crippen LogP contribution in [-0.2, 0) is 66.5 Å². The number of rotatable bonds is 16. The molecule has 78 heavy (non-hydrogen) atoms. The topological polar surface area (TPSA) is 403 Å². The second-order valence-electron chi connectivity index (χ2n) is 20.7. The van der Waals surface area contributed by atoms with Crippen molar-refractivity contribution < 1.29 is 128 Å². The zero-order valence-corrected chi connectivity index (χ0v) is 42.0. The van der Waals surface area contributed by atoms with E-state index in [0.29, 0.717) is 11.1 Å². The van der Waals surface area contributed by atoms with Crippen LogP contribution in [0.1, 0.15) is 35.8 Å². The predicted octanol–water partition coefficient (Wildman–Crippen LogP) is -3.02. The molecule has 428 valence electrons. The number of aliphatic hydroxyl groups excluding tert-OH is 10. The Morgan fingerprint density at radius 1 is 0.513 bits per heavy atom. The molecule has 0 radical (unpaired) electrons. The highest BCUT2D eigenvalue weighted by Gasteiger charge is 2.62. The first-order valence-corrected chi connectivity index (χ1v) is 25.4. The number of methoxy groups -OCH3 is 2. The number of esters is 4. The fourth-order valence-corrected chi connectivity index (χ4v) is 12.4. The molecule has 2 saturated heterocycles. The minimum Gasteiger partial charge on any atom is -0.508 e. The van der Waals surface area contributed by atoms with Crippen LogP contribution in [0.3, 0.4) is 0 Å². The summed E-state index contributed by atoms with van der Waals surface area (Å²) in [4.78, 5) is 55.8.